The van der Waals surface area contributed by atoms with Gasteiger partial charge in [0.1, 0.15) is 0 Å². The molecule has 1 heterocycles. The minimum atomic E-state index is -0.610. The average molecular weight is 258 g/mol. The van der Waals surface area contributed by atoms with Crippen molar-refractivity contribution >= 4 is 17.5 Å². The topological polar surface area (TPSA) is 99.7 Å². The van der Waals surface area contributed by atoms with E-state index >= 15 is 0 Å². The van der Waals surface area contributed by atoms with Crippen molar-refractivity contribution in [1.29, 1.82) is 5.26 Å². The summed E-state index contributed by atoms with van der Waals surface area (Å²) in [5.74, 6) is 4.64. The van der Waals surface area contributed by atoms with Crippen LogP contribution in [0.1, 0.15) is 11.1 Å². The first-order chi connectivity index (χ1) is 9.13. The zero-order valence-corrected chi connectivity index (χ0v) is 10.1. The summed E-state index contributed by atoms with van der Waals surface area (Å²) in [5, 5.41) is 11.7. The second-order valence-corrected chi connectivity index (χ2v) is 3.80. The number of benzene rings is 1. The number of hydrazine groups is 1. The van der Waals surface area contributed by atoms with E-state index in [9.17, 15) is 4.39 Å². The van der Waals surface area contributed by atoms with Crippen molar-refractivity contribution in [2.45, 2.75) is 6.92 Å². The van der Waals surface area contributed by atoms with Gasteiger partial charge in [0.05, 0.1) is 17.8 Å². The van der Waals surface area contributed by atoms with Gasteiger partial charge >= 0.3 is 0 Å². The maximum Gasteiger partial charge on any atom is 0.239 e. The molecule has 0 spiro atoms. The summed E-state index contributed by atoms with van der Waals surface area (Å²) in [6.45, 7) is 1.84. The summed E-state index contributed by atoms with van der Waals surface area (Å²) < 4.78 is 13.6. The number of anilines is 3. The van der Waals surface area contributed by atoms with Crippen LogP contribution < -0.4 is 16.6 Å². The molecule has 0 saturated carbocycles. The third-order valence-corrected chi connectivity index (χ3v) is 2.49. The smallest absolute Gasteiger partial charge is 0.239 e. The molecule has 0 unspecified atom stereocenters. The summed E-state index contributed by atoms with van der Waals surface area (Å²) in [5.41, 5.74) is 4.17. The average Bonchev–Trinajstić information content (AvgIpc) is 2.43. The lowest BCUT2D eigenvalue weighted by Gasteiger charge is -2.10. The van der Waals surface area contributed by atoms with Crippen LogP contribution in [0, 0.1) is 24.1 Å². The van der Waals surface area contributed by atoms with Crippen LogP contribution in [0.3, 0.4) is 0 Å². The monoisotopic (exact) mass is 258 g/mol. The van der Waals surface area contributed by atoms with E-state index in [1.54, 1.807) is 18.2 Å². The van der Waals surface area contributed by atoms with Crippen molar-refractivity contribution in [3.63, 3.8) is 0 Å². The van der Waals surface area contributed by atoms with Gasteiger partial charge in [-0.05, 0) is 24.6 Å². The molecule has 0 amide bonds. The van der Waals surface area contributed by atoms with E-state index in [1.165, 1.54) is 0 Å². The van der Waals surface area contributed by atoms with Gasteiger partial charge in [-0.15, -0.1) is 0 Å². The molecule has 2 rings (SSSR count). The number of nitrogens with two attached hydrogens (primary N) is 1. The molecule has 0 saturated heterocycles. The number of rotatable bonds is 3. The van der Waals surface area contributed by atoms with Crippen LogP contribution in [-0.2, 0) is 0 Å². The van der Waals surface area contributed by atoms with Gasteiger partial charge in [0.15, 0.2) is 11.6 Å². The number of nitriles is 1. The molecule has 1 aromatic heterocycles. The van der Waals surface area contributed by atoms with E-state index in [4.69, 9.17) is 11.1 Å². The molecular weight excluding hydrogens is 247 g/mol. The molecular formula is C12H11FN6. The van der Waals surface area contributed by atoms with Gasteiger partial charge in [-0.1, -0.05) is 6.07 Å². The summed E-state index contributed by atoms with van der Waals surface area (Å²) in [4.78, 5) is 7.51. The third-order valence-electron chi connectivity index (χ3n) is 2.49. The summed E-state index contributed by atoms with van der Waals surface area (Å²) >= 11 is 0. The molecule has 0 atom stereocenters. The molecule has 7 heteroatoms. The minimum absolute atomic E-state index is 0.0128. The van der Waals surface area contributed by atoms with Crippen molar-refractivity contribution in [3.05, 3.63) is 41.3 Å². The van der Waals surface area contributed by atoms with Crippen LogP contribution in [0.15, 0.2) is 24.4 Å². The predicted octanol–water partition coefficient (Wildman–Crippen LogP) is 1.82. The Morgan fingerprint density at radius 1 is 1.42 bits per heavy atom. The van der Waals surface area contributed by atoms with Gasteiger partial charge in [0.25, 0.3) is 0 Å². The van der Waals surface area contributed by atoms with Gasteiger partial charge < -0.3 is 5.32 Å². The summed E-state index contributed by atoms with van der Waals surface area (Å²) in [7, 11) is 0. The molecule has 4 N–H and O–H groups in total. The van der Waals surface area contributed by atoms with E-state index in [-0.39, 0.29) is 11.8 Å². The van der Waals surface area contributed by atoms with Crippen molar-refractivity contribution in [1.82, 2.24) is 9.97 Å². The Hall–Kier alpha value is -2.72. The number of hydrogen-bond acceptors (Lipinski definition) is 6. The Labute approximate surface area is 109 Å². The number of hydrogen-bond donors (Lipinski definition) is 3. The third kappa shape index (κ3) is 2.75. The standard InChI is InChI=1S/C12H11FN6/c1-7-2-3-8(5-14)4-10(7)17-11-9(13)6-16-12(18-11)19-15/h2-4,6H,15H2,1H3,(H2,16,17,18,19). The molecule has 0 fully saturated rings. The second-order valence-electron chi connectivity index (χ2n) is 3.80. The zero-order chi connectivity index (χ0) is 13.8. The second kappa shape index (κ2) is 5.29. The number of aromatic nitrogens is 2. The van der Waals surface area contributed by atoms with Crippen LogP contribution in [-0.4, -0.2) is 9.97 Å². The first-order valence-corrected chi connectivity index (χ1v) is 5.41. The molecule has 96 valence electrons. The minimum Gasteiger partial charge on any atom is -0.337 e. The lowest BCUT2D eigenvalue weighted by Crippen LogP contribution is -2.12. The Morgan fingerprint density at radius 2 is 2.21 bits per heavy atom. The highest BCUT2D eigenvalue weighted by molar-refractivity contribution is 5.63. The Morgan fingerprint density at radius 3 is 2.89 bits per heavy atom. The predicted molar refractivity (Wildman–Crippen MR) is 69.0 cm³/mol. The highest BCUT2D eigenvalue weighted by Crippen LogP contribution is 2.22. The molecule has 19 heavy (non-hydrogen) atoms. The van der Waals surface area contributed by atoms with Crippen LogP contribution in [0.25, 0.3) is 0 Å². The highest BCUT2D eigenvalue weighted by Gasteiger charge is 2.08. The molecule has 6 nitrogen and oxygen atoms in total. The van der Waals surface area contributed by atoms with Crippen LogP contribution in [0.5, 0.6) is 0 Å². The lowest BCUT2D eigenvalue weighted by atomic mass is 10.1. The van der Waals surface area contributed by atoms with E-state index in [2.05, 4.69) is 20.7 Å². The Bertz CT molecular complexity index is 649. The van der Waals surface area contributed by atoms with Crippen LogP contribution in [0.2, 0.25) is 0 Å². The Balaban J connectivity index is 2.38. The first kappa shape index (κ1) is 12.7. The number of nitrogens with zero attached hydrogens (tertiary/aromatic N) is 3. The fourth-order valence-electron chi connectivity index (χ4n) is 1.48. The fourth-order valence-corrected chi connectivity index (χ4v) is 1.48. The van der Waals surface area contributed by atoms with Crippen molar-refractivity contribution in [2.24, 2.45) is 5.84 Å². The zero-order valence-electron chi connectivity index (χ0n) is 10.1. The van der Waals surface area contributed by atoms with Crippen LogP contribution >= 0.6 is 0 Å². The molecule has 0 aliphatic heterocycles. The quantitative estimate of drug-likeness (QED) is 0.573. The van der Waals surface area contributed by atoms with Crippen molar-refractivity contribution < 1.29 is 4.39 Å². The molecule has 2 aromatic rings. The maximum atomic E-state index is 13.6. The largest absolute Gasteiger partial charge is 0.337 e. The van der Waals surface area contributed by atoms with E-state index in [0.29, 0.717) is 11.3 Å². The molecule has 0 aliphatic carbocycles. The van der Waals surface area contributed by atoms with E-state index in [0.717, 1.165) is 11.8 Å². The molecule has 1 aromatic carbocycles. The summed E-state index contributed by atoms with van der Waals surface area (Å²) in [6, 6.07) is 7.09. The lowest BCUT2D eigenvalue weighted by molar-refractivity contribution is 0.619. The molecule has 0 radical (unpaired) electrons. The fraction of sp³-hybridized carbons (Fsp3) is 0.0833. The maximum absolute atomic E-state index is 13.6. The van der Waals surface area contributed by atoms with Gasteiger partial charge in [0, 0.05) is 5.69 Å². The van der Waals surface area contributed by atoms with Gasteiger partial charge in [-0.2, -0.15) is 10.2 Å². The normalized spacial score (nSPS) is 9.79. The van der Waals surface area contributed by atoms with Gasteiger partial charge in [-0.25, -0.2) is 15.2 Å². The number of nitrogen functional groups attached to an aromatic ring is 1. The molecule has 0 aliphatic rings. The molecule has 0 bridgehead atoms. The SMILES string of the molecule is Cc1ccc(C#N)cc1Nc1nc(NN)ncc1F. The number of halogens is 1. The van der Waals surface area contributed by atoms with Gasteiger partial charge in [-0.3, -0.25) is 5.43 Å². The first-order valence-electron chi connectivity index (χ1n) is 5.41. The highest BCUT2D eigenvalue weighted by atomic mass is 19.1. The number of nitrogens with one attached hydrogen (secondary N) is 2. The summed E-state index contributed by atoms with van der Waals surface area (Å²) in [6.07, 6.45) is 1.01. The van der Waals surface area contributed by atoms with Crippen molar-refractivity contribution in [2.75, 3.05) is 10.7 Å². The number of aryl methyl sites for hydroxylation is 1. The van der Waals surface area contributed by atoms with E-state index < -0.39 is 5.82 Å². The Kier molecular flexibility index (Phi) is 3.54. The van der Waals surface area contributed by atoms with Gasteiger partial charge in [0.2, 0.25) is 5.95 Å². The van der Waals surface area contributed by atoms with Crippen LogP contribution in [0.4, 0.5) is 21.8 Å². The van der Waals surface area contributed by atoms with Crippen molar-refractivity contribution in [3.8, 4) is 6.07 Å². The van der Waals surface area contributed by atoms with E-state index in [1.807, 2.05) is 13.0 Å².